The minimum absolute atomic E-state index is 0.00350. The molecule has 0 aliphatic carbocycles. The lowest BCUT2D eigenvalue weighted by atomic mass is 10.0. The Morgan fingerprint density at radius 3 is 2.42 bits per heavy atom. The fourth-order valence-corrected chi connectivity index (χ4v) is 3.59. The molecule has 140 valence electrons. The molecule has 1 heterocycles. The molecule has 2 aromatic rings. The van der Waals surface area contributed by atoms with Crippen LogP contribution in [0, 0.1) is 13.8 Å². The van der Waals surface area contributed by atoms with Crippen LogP contribution in [0.25, 0.3) is 0 Å². The highest BCUT2D eigenvalue weighted by molar-refractivity contribution is 7.12. The summed E-state index contributed by atoms with van der Waals surface area (Å²) < 4.78 is 38.3. The number of aryl methyl sites for hydroxylation is 2. The molecular formula is C19H20F3NO2S. The van der Waals surface area contributed by atoms with E-state index in [0.29, 0.717) is 11.1 Å². The standard InChI is InChI=1S/C19H20F3NO2S/c1-11-9-16(13(3)26-11)17(24)7-8-18(25)23-12(2)14-5-4-6-15(10-14)19(20,21)22/h4-6,9-10,12H,7-8H2,1-3H3,(H,23,25). The highest BCUT2D eigenvalue weighted by atomic mass is 32.1. The number of nitrogens with one attached hydrogen (secondary N) is 1. The molecule has 1 unspecified atom stereocenters. The smallest absolute Gasteiger partial charge is 0.350 e. The van der Waals surface area contributed by atoms with E-state index in [2.05, 4.69) is 5.32 Å². The molecule has 1 atom stereocenters. The SMILES string of the molecule is Cc1cc(C(=O)CCC(=O)NC(C)c2cccc(C(F)(F)F)c2)c(C)s1. The summed E-state index contributed by atoms with van der Waals surface area (Å²) in [6.45, 7) is 5.39. The second-order valence-electron chi connectivity index (χ2n) is 6.16. The van der Waals surface area contributed by atoms with E-state index >= 15 is 0 Å². The van der Waals surface area contributed by atoms with Crippen molar-refractivity contribution in [2.24, 2.45) is 0 Å². The Labute approximate surface area is 154 Å². The van der Waals surface area contributed by atoms with E-state index in [1.165, 1.54) is 23.5 Å². The number of benzene rings is 1. The van der Waals surface area contributed by atoms with Gasteiger partial charge in [0.15, 0.2) is 5.78 Å². The summed E-state index contributed by atoms with van der Waals surface area (Å²) >= 11 is 1.53. The van der Waals surface area contributed by atoms with Gasteiger partial charge in [-0.05, 0) is 44.5 Å². The minimum atomic E-state index is -4.43. The third-order valence-electron chi connectivity index (χ3n) is 4.01. The Morgan fingerprint density at radius 1 is 1.15 bits per heavy atom. The van der Waals surface area contributed by atoms with E-state index in [1.54, 1.807) is 6.92 Å². The van der Waals surface area contributed by atoms with Gasteiger partial charge in [-0.3, -0.25) is 9.59 Å². The number of rotatable bonds is 6. The first-order chi connectivity index (χ1) is 12.1. The van der Waals surface area contributed by atoms with E-state index < -0.39 is 17.8 Å². The highest BCUT2D eigenvalue weighted by Gasteiger charge is 2.30. The molecule has 0 saturated heterocycles. The lowest BCUT2D eigenvalue weighted by Gasteiger charge is -2.16. The van der Waals surface area contributed by atoms with Gasteiger partial charge in [0.1, 0.15) is 0 Å². The van der Waals surface area contributed by atoms with Gasteiger partial charge >= 0.3 is 6.18 Å². The molecule has 1 aromatic carbocycles. The molecule has 7 heteroatoms. The van der Waals surface area contributed by atoms with Crippen molar-refractivity contribution in [3.63, 3.8) is 0 Å². The first-order valence-corrected chi connectivity index (χ1v) is 8.96. The summed E-state index contributed by atoms with van der Waals surface area (Å²) in [7, 11) is 0. The second-order valence-corrected chi connectivity index (χ2v) is 7.62. The Kier molecular flexibility index (Phi) is 6.23. The fourth-order valence-electron chi connectivity index (χ4n) is 2.65. The zero-order chi connectivity index (χ0) is 19.5. The predicted octanol–water partition coefficient (Wildman–Crippen LogP) is 5.22. The van der Waals surface area contributed by atoms with Crippen LogP contribution in [-0.4, -0.2) is 11.7 Å². The predicted molar refractivity (Wildman–Crippen MR) is 95.4 cm³/mol. The second kappa shape index (κ2) is 8.03. The van der Waals surface area contributed by atoms with Gasteiger partial charge in [0.25, 0.3) is 0 Å². The number of ketones is 1. The van der Waals surface area contributed by atoms with Crippen LogP contribution in [0.3, 0.4) is 0 Å². The van der Waals surface area contributed by atoms with Gasteiger partial charge in [0, 0.05) is 28.2 Å². The van der Waals surface area contributed by atoms with Crippen molar-refractivity contribution in [1.82, 2.24) is 5.32 Å². The van der Waals surface area contributed by atoms with Gasteiger partial charge < -0.3 is 5.32 Å². The summed E-state index contributed by atoms with van der Waals surface area (Å²) in [5.41, 5.74) is 0.240. The number of carbonyl (C=O) groups is 2. The monoisotopic (exact) mass is 383 g/mol. The van der Waals surface area contributed by atoms with E-state index in [-0.39, 0.29) is 24.5 Å². The van der Waals surface area contributed by atoms with Crippen LogP contribution in [0.2, 0.25) is 0 Å². The van der Waals surface area contributed by atoms with Crippen LogP contribution in [0.15, 0.2) is 30.3 Å². The van der Waals surface area contributed by atoms with E-state index in [0.717, 1.165) is 21.9 Å². The molecule has 0 spiro atoms. The number of carbonyl (C=O) groups excluding carboxylic acids is 2. The van der Waals surface area contributed by atoms with Crippen molar-refractivity contribution in [2.75, 3.05) is 0 Å². The fraction of sp³-hybridized carbons (Fsp3) is 0.368. The molecule has 0 fully saturated rings. The van der Waals surface area contributed by atoms with Crippen molar-refractivity contribution < 1.29 is 22.8 Å². The molecule has 3 nitrogen and oxygen atoms in total. The van der Waals surface area contributed by atoms with Gasteiger partial charge in [0.05, 0.1) is 11.6 Å². The zero-order valence-electron chi connectivity index (χ0n) is 14.7. The molecule has 0 saturated carbocycles. The third kappa shape index (κ3) is 5.17. The molecule has 1 amide bonds. The Balaban J connectivity index is 1.93. The maximum Gasteiger partial charge on any atom is 0.416 e. The normalized spacial score (nSPS) is 12.7. The number of thiophene rings is 1. The van der Waals surface area contributed by atoms with Gasteiger partial charge in [-0.1, -0.05) is 12.1 Å². The molecular weight excluding hydrogens is 363 g/mol. The molecule has 0 aliphatic rings. The number of hydrogen-bond donors (Lipinski definition) is 1. The minimum Gasteiger partial charge on any atom is -0.350 e. The highest BCUT2D eigenvalue weighted by Crippen LogP contribution is 2.30. The summed E-state index contributed by atoms with van der Waals surface area (Å²) in [5.74, 6) is -0.471. The summed E-state index contributed by atoms with van der Waals surface area (Å²) in [6.07, 6.45) is -4.36. The van der Waals surface area contributed by atoms with Crippen molar-refractivity contribution >= 4 is 23.0 Å². The van der Waals surface area contributed by atoms with E-state index in [1.807, 2.05) is 19.9 Å². The molecule has 0 bridgehead atoms. The number of amides is 1. The summed E-state index contributed by atoms with van der Waals surface area (Å²) in [4.78, 5) is 26.2. The first kappa shape index (κ1) is 20.2. The molecule has 1 aromatic heterocycles. The molecule has 0 radical (unpaired) electrons. The van der Waals surface area contributed by atoms with Gasteiger partial charge in [-0.15, -0.1) is 11.3 Å². The number of halogens is 3. The van der Waals surface area contributed by atoms with E-state index in [4.69, 9.17) is 0 Å². The van der Waals surface area contributed by atoms with Crippen LogP contribution in [0.1, 0.15) is 57.0 Å². The number of alkyl halides is 3. The maximum atomic E-state index is 12.8. The van der Waals surface area contributed by atoms with Crippen molar-refractivity contribution in [3.8, 4) is 0 Å². The van der Waals surface area contributed by atoms with E-state index in [9.17, 15) is 22.8 Å². The quantitative estimate of drug-likeness (QED) is 0.695. The molecule has 1 N–H and O–H groups in total. The Morgan fingerprint density at radius 2 is 1.85 bits per heavy atom. The van der Waals surface area contributed by atoms with Crippen LogP contribution < -0.4 is 5.32 Å². The largest absolute Gasteiger partial charge is 0.416 e. The third-order valence-corrected chi connectivity index (χ3v) is 4.98. The lowest BCUT2D eigenvalue weighted by molar-refractivity contribution is -0.137. The number of Topliss-reactive ketones (excluding diaryl/α,β-unsaturated/α-hetero) is 1. The molecule has 0 aliphatic heterocycles. The Bertz CT molecular complexity index is 811. The average Bonchev–Trinajstić information content (AvgIpc) is 2.90. The zero-order valence-corrected chi connectivity index (χ0v) is 15.6. The Hall–Kier alpha value is -2.15. The van der Waals surface area contributed by atoms with Crippen molar-refractivity contribution in [2.45, 2.75) is 45.8 Å². The van der Waals surface area contributed by atoms with Crippen molar-refractivity contribution in [3.05, 3.63) is 56.8 Å². The van der Waals surface area contributed by atoms with Crippen molar-refractivity contribution in [1.29, 1.82) is 0 Å². The van der Waals surface area contributed by atoms with Crippen LogP contribution in [0.4, 0.5) is 13.2 Å². The molecule has 26 heavy (non-hydrogen) atoms. The van der Waals surface area contributed by atoms with Crippen LogP contribution in [-0.2, 0) is 11.0 Å². The van der Waals surface area contributed by atoms with Gasteiger partial charge in [0.2, 0.25) is 5.91 Å². The van der Waals surface area contributed by atoms with Crippen LogP contribution >= 0.6 is 11.3 Å². The maximum absolute atomic E-state index is 12.8. The summed E-state index contributed by atoms with van der Waals surface area (Å²) in [5, 5.41) is 2.65. The number of hydrogen-bond acceptors (Lipinski definition) is 3. The van der Waals surface area contributed by atoms with Crippen LogP contribution in [0.5, 0.6) is 0 Å². The lowest BCUT2D eigenvalue weighted by Crippen LogP contribution is -2.27. The van der Waals surface area contributed by atoms with Gasteiger partial charge in [-0.25, -0.2) is 0 Å². The summed E-state index contributed by atoms with van der Waals surface area (Å²) in [6, 6.07) is 6.08. The first-order valence-electron chi connectivity index (χ1n) is 8.14. The average molecular weight is 383 g/mol. The topological polar surface area (TPSA) is 46.2 Å². The van der Waals surface area contributed by atoms with Gasteiger partial charge in [-0.2, -0.15) is 13.2 Å². The molecule has 2 rings (SSSR count).